The van der Waals surface area contributed by atoms with E-state index >= 15 is 0 Å². The van der Waals surface area contributed by atoms with E-state index in [9.17, 15) is 0 Å². The molecule has 0 aliphatic carbocycles. The van der Waals surface area contributed by atoms with Gasteiger partial charge in [-0.3, -0.25) is 0 Å². The number of rotatable bonds is 0. The molecule has 0 spiro atoms. The van der Waals surface area contributed by atoms with Crippen LogP contribution in [0.2, 0.25) is 0 Å². The molecule has 0 nitrogen and oxygen atoms in total. The van der Waals surface area contributed by atoms with Crippen molar-refractivity contribution in [1.82, 2.24) is 0 Å². The van der Waals surface area contributed by atoms with Gasteiger partial charge in [0.25, 0.3) is 0 Å². The minimum absolute atomic E-state index is 0.278. The summed E-state index contributed by atoms with van der Waals surface area (Å²) in [6.45, 7) is 0. The summed E-state index contributed by atoms with van der Waals surface area (Å²) in [6.07, 6.45) is 0. The van der Waals surface area contributed by atoms with Crippen LogP contribution in [0.4, 0.5) is 0 Å². The van der Waals surface area contributed by atoms with Crippen molar-refractivity contribution < 1.29 is 21.8 Å². The monoisotopic (exact) mass is 785 g/mol. The van der Waals surface area contributed by atoms with E-state index in [4.69, 9.17) is 0 Å². The summed E-state index contributed by atoms with van der Waals surface area (Å²) in [5.41, 5.74) is 0. The molecule has 6 heteroatoms. The second-order valence-electron chi connectivity index (χ2n) is 0.192. The number of hydrogen-bond acceptors (Lipinski definition) is 0. The third-order valence-corrected chi connectivity index (χ3v) is 0. The molecule has 0 fully saturated rings. The Labute approximate surface area is 101 Å². The van der Waals surface area contributed by atoms with Gasteiger partial charge in [0, 0.05) is 0 Å². The van der Waals surface area contributed by atoms with E-state index in [1.165, 1.54) is 0 Å². The first-order valence-electron chi connectivity index (χ1n) is 0.774. The molecule has 0 radical (unpaired) electrons. The molecule has 0 atom stereocenters. The Bertz CT molecular complexity index is 12.3. The van der Waals surface area contributed by atoms with E-state index in [-0.39, 0.29) is 4.61 Å². The van der Waals surface area contributed by atoms with Crippen LogP contribution >= 0.6 is 78.0 Å². The van der Waals surface area contributed by atoms with Gasteiger partial charge in [0.15, 0.2) is 0 Å². The molecule has 0 aromatic rings. The Morgan fingerprint density at radius 2 is 1.00 bits per heavy atom. The van der Waals surface area contributed by atoms with Gasteiger partial charge >= 0.3 is 104 Å². The average Bonchev–Trinajstić information content (AvgIpc) is 1.41. The second kappa shape index (κ2) is 12.1. The van der Waals surface area contributed by atoms with Crippen LogP contribution in [0.5, 0.6) is 0 Å². The summed E-state index contributed by atoms with van der Waals surface area (Å²) in [5.74, 6) is 0. The molecule has 0 rings (SSSR count). The zero-order valence-electron chi connectivity index (χ0n) is 2.67. The topological polar surface area (TPSA) is 0 Å². The van der Waals surface area contributed by atoms with Crippen molar-refractivity contribution in [3.8, 4) is 0 Å². The van der Waals surface area contributed by atoms with Gasteiger partial charge < -0.3 is 0 Å². The van der Waals surface area contributed by atoms with Gasteiger partial charge in [-0.2, -0.15) is 0 Å². The van der Waals surface area contributed by atoms with Gasteiger partial charge in [0.1, 0.15) is 0 Å². The predicted molar refractivity (Wildman–Crippen MR) is 61.8 cm³/mol. The van der Waals surface area contributed by atoms with Crippen LogP contribution in [0.1, 0.15) is 0 Å². The number of hydrogen-bond donors (Lipinski definition) is 0. The summed E-state index contributed by atoms with van der Waals surface area (Å²) in [6, 6.07) is 0. The van der Waals surface area contributed by atoms with E-state index in [2.05, 4.69) is 78.0 Å². The van der Waals surface area contributed by atoms with Gasteiger partial charge in [-0.15, -0.1) is 0 Å². The maximum absolute atomic E-state index is 2.46. The molecule has 0 heterocycles. The van der Waals surface area contributed by atoms with Gasteiger partial charge in [-0.25, -0.2) is 0 Å². The van der Waals surface area contributed by atoms with Crippen LogP contribution in [-0.2, 0) is 21.8 Å². The fraction of sp³-hybridized carbons (Fsp3) is 0. The van der Waals surface area contributed by atoms with E-state index in [1.54, 1.807) is 0 Å². The zero-order valence-corrected chi connectivity index (χ0v) is 18.7. The van der Waals surface area contributed by atoms with E-state index in [0.29, 0.717) is 0 Å². The predicted octanol–water partition coefficient (Wildman–Crippen LogP) is 3.16. The average molecular weight is 783 g/mol. The van der Waals surface area contributed by atoms with Crippen molar-refractivity contribution in [3.05, 3.63) is 0 Å². The molecule has 0 saturated heterocycles. The van der Waals surface area contributed by atoms with Crippen molar-refractivity contribution >= 4 is 82.7 Å². The molecular formula is AsHgI4. The fourth-order valence-corrected chi connectivity index (χ4v) is 0. The van der Waals surface area contributed by atoms with Crippen LogP contribution in [0.3, 0.4) is 0 Å². The summed E-state index contributed by atoms with van der Waals surface area (Å²) in [5, 5.41) is 0. The summed E-state index contributed by atoms with van der Waals surface area (Å²) in [4.78, 5) is 0. The molecule has 0 aromatic heterocycles. The van der Waals surface area contributed by atoms with Crippen molar-refractivity contribution in [2.45, 2.75) is 0 Å². The van der Waals surface area contributed by atoms with E-state index in [1.807, 2.05) is 0 Å². The first-order chi connectivity index (χ1) is 2.73. The first-order valence-corrected chi connectivity index (χ1v) is 33.4. The normalized spacial score (nSPS) is 7.17. The molecule has 35 valence electrons. The van der Waals surface area contributed by atoms with E-state index < -0.39 is 0 Å². The molecule has 0 unspecified atom stereocenters. The van der Waals surface area contributed by atoms with Crippen molar-refractivity contribution in [1.29, 1.82) is 0 Å². The standard InChI is InChI=1S/AsI3.Hg.HI/c2-1(3)4;;/h;;1H/q;+1;/p-1. The summed E-state index contributed by atoms with van der Waals surface area (Å²) < 4.78 is -0.278. The van der Waals surface area contributed by atoms with Crippen LogP contribution in [0.25, 0.3) is 0 Å². The maximum atomic E-state index is 2.46. The van der Waals surface area contributed by atoms with Crippen molar-refractivity contribution in [2.24, 2.45) is 0 Å². The molecule has 0 bridgehead atoms. The fourth-order valence-electron chi connectivity index (χ4n) is 0. The van der Waals surface area contributed by atoms with Gasteiger partial charge in [-0.1, -0.05) is 0 Å². The third-order valence-electron chi connectivity index (χ3n) is 0. The second-order valence-corrected chi connectivity index (χ2v) is 44.8. The van der Waals surface area contributed by atoms with Crippen LogP contribution in [-0.4, -0.2) is 4.61 Å². The Balaban J connectivity index is 0. The molecule has 0 saturated carbocycles. The van der Waals surface area contributed by atoms with E-state index in [0.717, 1.165) is 21.8 Å². The quantitative estimate of drug-likeness (QED) is 0.262. The number of halogens is 4. The zero-order chi connectivity index (χ0) is 5.58. The molecule has 0 aliphatic rings. The van der Waals surface area contributed by atoms with Crippen LogP contribution in [0, 0.1) is 0 Å². The Morgan fingerprint density at radius 1 is 1.00 bits per heavy atom. The molecule has 0 N–H and O–H groups in total. The third kappa shape index (κ3) is 23.7. The molecular weight excluding hydrogens is 783 g/mol. The Morgan fingerprint density at radius 3 is 1.00 bits per heavy atom. The molecule has 0 aromatic carbocycles. The Kier molecular flexibility index (Phi) is 26.3. The SMILES string of the molecule is I[As](I)I.[I][Hg]. The van der Waals surface area contributed by atoms with Crippen molar-refractivity contribution in [2.75, 3.05) is 0 Å². The van der Waals surface area contributed by atoms with Crippen molar-refractivity contribution in [3.63, 3.8) is 0 Å². The first kappa shape index (κ1) is 13.0. The van der Waals surface area contributed by atoms with Gasteiger partial charge in [0.05, 0.1) is 0 Å². The van der Waals surface area contributed by atoms with Gasteiger partial charge in [-0.05, 0) is 0 Å². The van der Waals surface area contributed by atoms with Crippen LogP contribution in [0.15, 0.2) is 0 Å². The van der Waals surface area contributed by atoms with Crippen LogP contribution < -0.4 is 0 Å². The molecule has 6 heavy (non-hydrogen) atoms. The van der Waals surface area contributed by atoms with Gasteiger partial charge in [0.2, 0.25) is 0 Å². The Hall–Kier alpha value is 4.41. The molecule has 0 amide bonds. The summed E-state index contributed by atoms with van der Waals surface area (Å²) in [7, 11) is 0. The summed E-state index contributed by atoms with van der Waals surface area (Å²) >= 11 is 10.7. The minimum atomic E-state index is -0.278. The molecule has 0 aliphatic heterocycles.